The van der Waals surface area contributed by atoms with Gasteiger partial charge in [-0.15, -0.1) is 0 Å². The second-order valence-electron chi connectivity index (χ2n) is 6.53. The summed E-state index contributed by atoms with van der Waals surface area (Å²) < 4.78 is 33.4. The lowest BCUT2D eigenvalue weighted by atomic mass is 10.2. The maximum absolute atomic E-state index is 13.0. The third-order valence-corrected chi connectivity index (χ3v) is 6.31. The molecule has 150 valence electrons. The first-order chi connectivity index (χ1) is 13.5. The van der Waals surface area contributed by atoms with Gasteiger partial charge in [-0.25, -0.2) is 13.2 Å². The number of carbonyl (C=O) groups is 1. The Balaban J connectivity index is 1.90. The second-order valence-corrected chi connectivity index (χ2v) is 8.18. The third kappa shape index (κ3) is 4.28. The van der Waals surface area contributed by atoms with E-state index in [0.717, 1.165) is 38.4 Å². The summed E-state index contributed by atoms with van der Waals surface area (Å²) in [6, 6.07) is 13.3. The number of rotatable bonds is 6. The molecule has 1 aliphatic heterocycles. The van der Waals surface area contributed by atoms with Crippen LogP contribution in [0.3, 0.4) is 0 Å². The number of hydrogen-bond donors (Lipinski definition) is 1. The van der Waals surface area contributed by atoms with E-state index < -0.39 is 16.0 Å². The number of para-hydroxylation sites is 2. The van der Waals surface area contributed by atoms with E-state index >= 15 is 0 Å². The Morgan fingerprint density at radius 3 is 2.36 bits per heavy atom. The van der Waals surface area contributed by atoms with Gasteiger partial charge in [0.15, 0.2) is 0 Å². The van der Waals surface area contributed by atoms with Gasteiger partial charge in [0.2, 0.25) is 0 Å². The van der Waals surface area contributed by atoms with Gasteiger partial charge in [-0.05, 0) is 30.8 Å². The van der Waals surface area contributed by atoms with Crippen molar-refractivity contribution in [1.29, 1.82) is 0 Å². The molecule has 2 aromatic rings. The monoisotopic (exact) mass is 403 g/mol. The fourth-order valence-corrected chi connectivity index (χ4v) is 4.59. The van der Waals surface area contributed by atoms with Gasteiger partial charge >= 0.3 is 5.97 Å². The SMILES string of the molecule is CCN1CCN(c2ccccc2NS(=O)(=O)c2ccccc2C(=O)OC)CC1. The summed E-state index contributed by atoms with van der Waals surface area (Å²) in [6.07, 6.45) is 0. The van der Waals surface area contributed by atoms with Gasteiger partial charge in [0.05, 0.1) is 24.0 Å². The van der Waals surface area contributed by atoms with Crippen LogP contribution < -0.4 is 9.62 Å². The van der Waals surface area contributed by atoms with Crippen LogP contribution in [0, 0.1) is 0 Å². The summed E-state index contributed by atoms with van der Waals surface area (Å²) in [5.74, 6) is -0.690. The second kappa shape index (κ2) is 8.62. The first-order valence-corrected chi connectivity index (χ1v) is 10.7. The highest BCUT2D eigenvalue weighted by atomic mass is 32.2. The molecule has 0 radical (unpaired) electrons. The number of nitrogens with zero attached hydrogens (tertiary/aromatic N) is 2. The molecule has 0 aliphatic carbocycles. The maximum Gasteiger partial charge on any atom is 0.339 e. The van der Waals surface area contributed by atoms with Gasteiger partial charge in [-0.3, -0.25) is 4.72 Å². The zero-order chi connectivity index (χ0) is 20.1. The molecule has 1 heterocycles. The average Bonchev–Trinajstić information content (AvgIpc) is 2.73. The number of benzene rings is 2. The largest absolute Gasteiger partial charge is 0.465 e. The van der Waals surface area contributed by atoms with Crippen molar-refractivity contribution in [2.45, 2.75) is 11.8 Å². The van der Waals surface area contributed by atoms with Crippen LogP contribution in [0.2, 0.25) is 0 Å². The van der Waals surface area contributed by atoms with Crippen LogP contribution in [0.1, 0.15) is 17.3 Å². The smallest absolute Gasteiger partial charge is 0.339 e. The van der Waals surface area contributed by atoms with E-state index in [-0.39, 0.29) is 10.5 Å². The maximum atomic E-state index is 13.0. The van der Waals surface area contributed by atoms with Gasteiger partial charge in [0.25, 0.3) is 10.0 Å². The van der Waals surface area contributed by atoms with Crippen LogP contribution in [0.5, 0.6) is 0 Å². The number of hydrogen-bond acceptors (Lipinski definition) is 6. The zero-order valence-electron chi connectivity index (χ0n) is 16.1. The summed E-state index contributed by atoms with van der Waals surface area (Å²) in [6.45, 7) is 6.66. The number of esters is 1. The number of methoxy groups -OCH3 is 1. The van der Waals surface area contributed by atoms with Gasteiger partial charge in [0.1, 0.15) is 4.90 Å². The quantitative estimate of drug-likeness (QED) is 0.747. The topological polar surface area (TPSA) is 79.0 Å². The third-order valence-electron chi connectivity index (χ3n) is 4.89. The predicted octanol–water partition coefficient (Wildman–Crippen LogP) is 2.42. The number of sulfonamides is 1. The fourth-order valence-electron chi connectivity index (χ4n) is 3.32. The van der Waals surface area contributed by atoms with Crippen LogP contribution in [0.4, 0.5) is 11.4 Å². The van der Waals surface area contributed by atoms with Crippen LogP contribution in [-0.2, 0) is 14.8 Å². The lowest BCUT2D eigenvalue weighted by Crippen LogP contribution is -2.46. The molecule has 1 aliphatic rings. The summed E-state index contributed by atoms with van der Waals surface area (Å²) in [5, 5.41) is 0. The van der Waals surface area contributed by atoms with E-state index in [2.05, 4.69) is 21.4 Å². The lowest BCUT2D eigenvalue weighted by molar-refractivity contribution is 0.0596. The van der Waals surface area contributed by atoms with Gasteiger partial charge in [-0.1, -0.05) is 31.2 Å². The Labute approximate surface area is 166 Å². The first-order valence-electron chi connectivity index (χ1n) is 9.22. The zero-order valence-corrected chi connectivity index (χ0v) is 16.9. The Bertz CT molecular complexity index is 938. The molecule has 0 saturated carbocycles. The number of likely N-dealkylation sites (N-methyl/N-ethyl adjacent to an activating group) is 1. The van der Waals surface area contributed by atoms with E-state index in [4.69, 9.17) is 4.74 Å². The van der Waals surface area contributed by atoms with E-state index in [1.807, 2.05) is 12.1 Å². The highest BCUT2D eigenvalue weighted by Crippen LogP contribution is 2.29. The Hall–Kier alpha value is -2.58. The molecule has 1 N–H and O–H groups in total. The summed E-state index contributed by atoms with van der Waals surface area (Å²) in [4.78, 5) is 16.4. The minimum absolute atomic E-state index is 0.00606. The molecule has 3 rings (SSSR count). The van der Waals surface area contributed by atoms with Crippen molar-refractivity contribution >= 4 is 27.4 Å². The van der Waals surface area contributed by atoms with Gasteiger partial charge in [-0.2, -0.15) is 0 Å². The standard InChI is InChI=1S/C20H25N3O4S/c1-3-22-12-14-23(15-13-22)18-10-6-5-9-17(18)21-28(25,26)19-11-7-4-8-16(19)20(24)27-2/h4-11,21H,3,12-15H2,1-2H3. The van der Waals surface area contributed by atoms with Crippen LogP contribution in [0.25, 0.3) is 0 Å². The summed E-state index contributed by atoms with van der Waals surface area (Å²) in [5.41, 5.74) is 1.33. The number of anilines is 2. The van der Waals surface area contributed by atoms with E-state index in [9.17, 15) is 13.2 Å². The number of nitrogens with one attached hydrogen (secondary N) is 1. The molecule has 0 unspecified atom stereocenters. The van der Waals surface area contributed by atoms with Crippen molar-refractivity contribution in [3.8, 4) is 0 Å². The molecule has 7 nitrogen and oxygen atoms in total. The molecule has 1 saturated heterocycles. The van der Waals surface area contributed by atoms with E-state index in [1.54, 1.807) is 24.3 Å². The van der Waals surface area contributed by atoms with Crippen LogP contribution in [0.15, 0.2) is 53.4 Å². The molecule has 0 amide bonds. The normalized spacial score (nSPS) is 15.3. The molecule has 1 fully saturated rings. The molecule has 0 bridgehead atoms. The van der Waals surface area contributed by atoms with Crippen molar-refractivity contribution in [2.24, 2.45) is 0 Å². The minimum atomic E-state index is -3.96. The first kappa shape index (κ1) is 20.2. The Morgan fingerprint density at radius 2 is 1.68 bits per heavy atom. The van der Waals surface area contributed by atoms with Crippen molar-refractivity contribution in [1.82, 2.24) is 4.90 Å². The summed E-state index contributed by atoms with van der Waals surface area (Å²) in [7, 11) is -2.74. The number of carbonyl (C=O) groups excluding carboxylic acids is 1. The molecular weight excluding hydrogens is 378 g/mol. The number of ether oxygens (including phenoxy) is 1. The molecule has 2 aromatic carbocycles. The van der Waals surface area contributed by atoms with Crippen molar-refractivity contribution in [2.75, 3.05) is 49.5 Å². The van der Waals surface area contributed by atoms with Crippen molar-refractivity contribution in [3.63, 3.8) is 0 Å². The highest BCUT2D eigenvalue weighted by Gasteiger charge is 2.25. The minimum Gasteiger partial charge on any atom is -0.465 e. The number of piperazine rings is 1. The van der Waals surface area contributed by atoms with E-state index in [0.29, 0.717) is 5.69 Å². The highest BCUT2D eigenvalue weighted by molar-refractivity contribution is 7.92. The lowest BCUT2D eigenvalue weighted by Gasteiger charge is -2.36. The van der Waals surface area contributed by atoms with E-state index in [1.165, 1.54) is 19.2 Å². The van der Waals surface area contributed by atoms with Gasteiger partial charge in [0, 0.05) is 26.2 Å². The van der Waals surface area contributed by atoms with Gasteiger partial charge < -0.3 is 14.5 Å². The Morgan fingerprint density at radius 1 is 1.04 bits per heavy atom. The molecule has 0 aromatic heterocycles. The molecule has 0 atom stereocenters. The average molecular weight is 404 g/mol. The van der Waals surface area contributed by atoms with Crippen molar-refractivity contribution in [3.05, 3.63) is 54.1 Å². The van der Waals surface area contributed by atoms with Crippen LogP contribution in [-0.4, -0.2) is 59.1 Å². The molecule has 8 heteroatoms. The Kier molecular flexibility index (Phi) is 6.21. The molecule has 0 spiro atoms. The summed E-state index contributed by atoms with van der Waals surface area (Å²) >= 11 is 0. The predicted molar refractivity (Wildman–Crippen MR) is 109 cm³/mol. The molecule has 28 heavy (non-hydrogen) atoms. The fraction of sp³-hybridized carbons (Fsp3) is 0.350. The molecular formula is C20H25N3O4S. The van der Waals surface area contributed by atoms with Crippen LogP contribution >= 0.6 is 0 Å². The van der Waals surface area contributed by atoms with Crippen molar-refractivity contribution < 1.29 is 17.9 Å².